The van der Waals surface area contributed by atoms with Crippen molar-refractivity contribution in [3.8, 4) is 12.1 Å². The minimum absolute atomic E-state index is 0.00765. The second kappa shape index (κ2) is 6.38. The Kier molecular flexibility index (Phi) is 4.36. The molecular weight excluding hydrogens is 278 g/mol. The summed E-state index contributed by atoms with van der Waals surface area (Å²) in [5, 5.41) is 22.3. The molecule has 0 unspecified atom stereocenters. The summed E-state index contributed by atoms with van der Waals surface area (Å²) in [7, 11) is 0. The highest BCUT2D eigenvalue weighted by atomic mass is 16.1. The van der Waals surface area contributed by atoms with Crippen LogP contribution in [0.25, 0.3) is 0 Å². The molecule has 6 nitrogen and oxygen atoms in total. The molecule has 0 spiro atoms. The van der Waals surface area contributed by atoms with Gasteiger partial charge in [-0.2, -0.15) is 10.5 Å². The minimum Gasteiger partial charge on any atom is -0.276 e. The van der Waals surface area contributed by atoms with Gasteiger partial charge in [0, 0.05) is 5.69 Å². The van der Waals surface area contributed by atoms with E-state index >= 15 is 0 Å². The number of rotatable bonds is 2. The molecule has 1 heterocycles. The average molecular weight is 291 g/mol. The molecule has 22 heavy (non-hydrogen) atoms. The van der Waals surface area contributed by atoms with Gasteiger partial charge in [-0.1, -0.05) is 18.2 Å². The highest BCUT2D eigenvalue weighted by molar-refractivity contribution is 5.99. The van der Waals surface area contributed by atoms with Gasteiger partial charge in [-0.05, 0) is 37.6 Å². The van der Waals surface area contributed by atoms with Gasteiger partial charge in [-0.3, -0.25) is 14.8 Å². The zero-order valence-electron chi connectivity index (χ0n) is 12.2. The van der Waals surface area contributed by atoms with Gasteiger partial charge in [0.1, 0.15) is 17.7 Å². The van der Waals surface area contributed by atoms with Gasteiger partial charge < -0.3 is 0 Å². The second-order valence-electron chi connectivity index (χ2n) is 4.62. The summed E-state index contributed by atoms with van der Waals surface area (Å²) in [6.45, 7) is 3.37. The van der Waals surface area contributed by atoms with Gasteiger partial charge in [0.15, 0.2) is 0 Å². The van der Waals surface area contributed by atoms with Gasteiger partial charge >= 0.3 is 0 Å². The Labute approximate surface area is 127 Å². The fourth-order valence-corrected chi connectivity index (χ4v) is 2.05. The van der Waals surface area contributed by atoms with Crippen LogP contribution in [0.15, 0.2) is 46.3 Å². The van der Waals surface area contributed by atoms with E-state index in [9.17, 15) is 10.1 Å². The Hall–Kier alpha value is -3.38. The van der Waals surface area contributed by atoms with Crippen molar-refractivity contribution >= 4 is 11.5 Å². The number of hydrogen-bond acceptors (Lipinski definition) is 5. The summed E-state index contributed by atoms with van der Waals surface area (Å²) < 4.78 is 1.13. The molecule has 0 radical (unpaired) electrons. The van der Waals surface area contributed by atoms with Crippen LogP contribution in [-0.4, -0.2) is 10.4 Å². The quantitative estimate of drug-likeness (QED) is 0.521. The number of nitrogens with one attached hydrogen (secondary N) is 1. The normalized spacial score (nSPS) is 10.6. The van der Waals surface area contributed by atoms with Crippen LogP contribution < -0.4 is 11.0 Å². The van der Waals surface area contributed by atoms with Crippen molar-refractivity contribution in [3.05, 3.63) is 63.6 Å². The monoisotopic (exact) mass is 291 g/mol. The van der Waals surface area contributed by atoms with E-state index in [2.05, 4.69) is 10.5 Å². The van der Waals surface area contributed by atoms with Gasteiger partial charge in [0.25, 0.3) is 5.56 Å². The summed E-state index contributed by atoms with van der Waals surface area (Å²) in [6.07, 6.45) is 0. The molecule has 1 N–H and O–H groups in total. The first-order valence-corrected chi connectivity index (χ1v) is 6.51. The Morgan fingerprint density at radius 3 is 2.50 bits per heavy atom. The van der Waals surface area contributed by atoms with Crippen LogP contribution in [0.5, 0.6) is 0 Å². The molecule has 0 fully saturated rings. The molecule has 108 valence electrons. The number of anilines is 1. The highest BCUT2D eigenvalue weighted by Gasteiger charge is 2.14. The lowest BCUT2D eigenvalue weighted by molar-refractivity contribution is 0.969. The zero-order valence-corrected chi connectivity index (χ0v) is 12.2. The molecule has 0 aliphatic carbocycles. The minimum atomic E-state index is -0.546. The smallest absolute Gasteiger partial charge is 0.275 e. The Morgan fingerprint density at radius 2 is 1.91 bits per heavy atom. The van der Waals surface area contributed by atoms with Gasteiger partial charge in [-0.25, -0.2) is 0 Å². The largest absolute Gasteiger partial charge is 0.276 e. The van der Waals surface area contributed by atoms with Crippen molar-refractivity contribution in [2.24, 2.45) is 5.10 Å². The zero-order chi connectivity index (χ0) is 16.1. The predicted octanol–water partition coefficient (Wildman–Crippen LogP) is 2.13. The molecule has 0 atom stereocenters. The fraction of sp³-hybridized carbons (Fsp3) is 0.125. The third kappa shape index (κ3) is 2.87. The van der Waals surface area contributed by atoms with Crippen LogP contribution in [0.3, 0.4) is 0 Å². The number of hydrazone groups is 1. The number of pyridine rings is 1. The highest BCUT2D eigenvalue weighted by Crippen LogP contribution is 2.07. The third-order valence-electron chi connectivity index (χ3n) is 3.08. The number of nitriles is 2. The van der Waals surface area contributed by atoms with E-state index in [0.29, 0.717) is 16.9 Å². The molecule has 2 aromatic rings. The lowest BCUT2D eigenvalue weighted by Crippen LogP contribution is -2.31. The Morgan fingerprint density at radius 1 is 1.23 bits per heavy atom. The molecule has 0 saturated carbocycles. The molecule has 1 aromatic carbocycles. The topological polar surface area (TPSA) is 94.0 Å². The van der Waals surface area contributed by atoms with Crippen LogP contribution in [0.4, 0.5) is 5.69 Å². The maximum atomic E-state index is 12.3. The summed E-state index contributed by atoms with van der Waals surface area (Å²) >= 11 is 0. The molecule has 0 aliphatic heterocycles. The fourth-order valence-electron chi connectivity index (χ4n) is 2.05. The van der Waals surface area contributed by atoms with Gasteiger partial charge in [-0.15, -0.1) is 5.10 Å². The van der Waals surface area contributed by atoms with Crippen LogP contribution in [-0.2, 0) is 0 Å². The summed E-state index contributed by atoms with van der Waals surface area (Å²) in [4.78, 5) is 12.3. The Balaban J connectivity index is 2.52. The number of benzene rings is 1. The van der Waals surface area contributed by atoms with Gasteiger partial charge in [0.2, 0.25) is 5.84 Å². The summed E-state index contributed by atoms with van der Waals surface area (Å²) in [5.74, 6) is -0.122. The lowest BCUT2D eigenvalue weighted by Gasteiger charge is -2.10. The molecule has 6 heteroatoms. The third-order valence-corrected chi connectivity index (χ3v) is 3.08. The molecular formula is C16H13N5O. The van der Waals surface area contributed by atoms with Crippen molar-refractivity contribution < 1.29 is 0 Å². The molecule has 0 aliphatic rings. The molecule has 0 bridgehead atoms. The van der Waals surface area contributed by atoms with Crippen molar-refractivity contribution in [1.29, 1.82) is 10.5 Å². The molecule has 0 saturated heterocycles. The second-order valence-corrected chi connectivity index (χ2v) is 4.62. The SMILES string of the molecule is Cc1cc(C)n(/C(C#N)=N/Nc2ccccc2)c(=O)c1C#N. The number of aromatic nitrogens is 1. The molecule has 2 rings (SSSR count). The predicted molar refractivity (Wildman–Crippen MR) is 83.4 cm³/mol. The van der Waals surface area contributed by atoms with E-state index in [1.54, 1.807) is 32.0 Å². The van der Waals surface area contributed by atoms with E-state index in [-0.39, 0.29) is 11.4 Å². The van der Waals surface area contributed by atoms with Crippen LogP contribution in [0, 0.1) is 36.5 Å². The first kappa shape index (κ1) is 15.0. The van der Waals surface area contributed by atoms with Crippen molar-refractivity contribution in [2.45, 2.75) is 13.8 Å². The Bertz CT molecular complexity index is 866. The van der Waals surface area contributed by atoms with E-state index in [1.807, 2.05) is 30.3 Å². The first-order valence-electron chi connectivity index (χ1n) is 6.51. The maximum absolute atomic E-state index is 12.3. The van der Waals surface area contributed by atoms with E-state index in [0.717, 1.165) is 4.57 Å². The number of nitrogens with zero attached hydrogens (tertiary/aromatic N) is 4. The van der Waals surface area contributed by atoms with E-state index in [1.165, 1.54) is 0 Å². The van der Waals surface area contributed by atoms with Gasteiger partial charge in [0.05, 0.1) is 5.69 Å². The average Bonchev–Trinajstić information content (AvgIpc) is 2.51. The lowest BCUT2D eigenvalue weighted by atomic mass is 10.1. The summed E-state index contributed by atoms with van der Waals surface area (Å²) in [6, 6.07) is 14.5. The van der Waals surface area contributed by atoms with Crippen molar-refractivity contribution in [1.82, 2.24) is 4.57 Å². The first-order chi connectivity index (χ1) is 10.6. The van der Waals surface area contributed by atoms with Crippen molar-refractivity contribution in [2.75, 3.05) is 5.43 Å². The van der Waals surface area contributed by atoms with Crippen LogP contribution >= 0.6 is 0 Å². The van der Waals surface area contributed by atoms with Crippen LogP contribution in [0.1, 0.15) is 16.8 Å². The standard InChI is InChI=1S/C16H13N5O/c1-11-8-12(2)21(16(22)14(11)9-17)15(10-18)20-19-13-6-4-3-5-7-13/h3-8,19H,1-2H3/b20-15+. The van der Waals surface area contributed by atoms with Crippen LogP contribution in [0.2, 0.25) is 0 Å². The number of aryl methyl sites for hydroxylation is 2. The van der Waals surface area contributed by atoms with Crippen molar-refractivity contribution in [3.63, 3.8) is 0 Å². The van der Waals surface area contributed by atoms with E-state index in [4.69, 9.17) is 5.26 Å². The maximum Gasteiger partial charge on any atom is 0.275 e. The number of hydrogen-bond donors (Lipinski definition) is 1. The number of para-hydroxylation sites is 1. The summed E-state index contributed by atoms with van der Waals surface area (Å²) in [5.41, 5.74) is 3.99. The van der Waals surface area contributed by atoms with E-state index < -0.39 is 5.56 Å². The molecule has 1 aromatic heterocycles. The molecule has 0 amide bonds.